The van der Waals surface area contributed by atoms with Crippen LogP contribution >= 0.6 is 0 Å². The highest BCUT2D eigenvalue weighted by Gasteiger charge is 2.22. The predicted molar refractivity (Wildman–Crippen MR) is 108 cm³/mol. The lowest BCUT2D eigenvalue weighted by Gasteiger charge is -2.33. The molecule has 1 unspecified atom stereocenters. The van der Waals surface area contributed by atoms with Gasteiger partial charge in [-0.1, -0.05) is 36.4 Å². The molecule has 2 fully saturated rings. The Kier molecular flexibility index (Phi) is 6.07. The van der Waals surface area contributed by atoms with Crippen molar-refractivity contribution in [2.24, 2.45) is 0 Å². The highest BCUT2D eigenvalue weighted by atomic mass is 16.5. The highest BCUT2D eigenvalue weighted by Crippen LogP contribution is 2.26. The minimum Gasteiger partial charge on any atom is -0.496 e. The van der Waals surface area contributed by atoms with Gasteiger partial charge in [-0.05, 0) is 49.2 Å². The van der Waals surface area contributed by atoms with E-state index < -0.39 is 0 Å². The standard InChI is InChI=1S/C23H30N2O2/c1-26-22-10-9-19(15-21(22)17-24-11-5-6-12-24)16-25-13-14-27-23(18-25)20-7-3-2-4-8-20/h2-4,7-10,15,23H,5-6,11-14,16-18H2,1H3. The molecule has 0 aliphatic carbocycles. The topological polar surface area (TPSA) is 24.9 Å². The van der Waals surface area contributed by atoms with Crippen molar-refractivity contribution in [2.75, 3.05) is 39.9 Å². The zero-order valence-electron chi connectivity index (χ0n) is 16.3. The maximum atomic E-state index is 6.01. The molecule has 2 aliphatic rings. The third-order valence-corrected chi connectivity index (χ3v) is 5.67. The molecule has 0 N–H and O–H groups in total. The van der Waals surface area contributed by atoms with Crippen LogP contribution in [-0.4, -0.2) is 49.7 Å². The van der Waals surface area contributed by atoms with Gasteiger partial charge in [0.25, 0.3) is 0 Å². The molecule has 0 aromatic heterocycles. The lowest BCUT2D eigenvalue weighted by Crippen LogP contribution is -2.37. The zero-order chi connectivity index (χ0) is 18.5. The zero-order valence-corrected chi connectivity index (χ0v) is 16.3. The summed E-state index contributed by atoms with van der Waals surface area (Å²) in [5.74, 6) is 1.01. The van der Waals surface area contributed by atoms with Gasteiger partial charge < -0.3 is 9.47 Å². The number of ether oxygens (including phenoxy) is 2. The third-order valence-electron chi connectivity index (χ3n) is 5.67. The van der Waals surface area contributed by atoms with Crippen molar-refractivity contribution in [3.63, 3.8) is 0 Å². The van der Waals surface area contributed by atoms with Gasteiger partial charge in [0, 0.05) is 31.7 Å². The van der Waals surface area contributed by atoms with Gasteiger partial charge in [-0.3, -0.25) is 9.80 Å². The molecule has 27 heavy (non-hydrogen) atoms. The number of hydrogen-bond acceptors (Lipinski definition) is 4. The van der Waals surface area contributed by atoms with Gasteiger partial charge in [0.05, 0.1) is 19.8 Å². The second-order valence-electron chi connectivity index (χ2n) is 7.63. The fourth-order valence-corrected chi connectivity index (χ4v) is 4.21. The van der Waals surface area contributed by atoms with Crippen molar-refractivity contribution >= 4 is 0 Å². The first kappa shape index (κ1) is 18.5. The van der Waals surface area contributed by atoms with E-state index in [1.165, 1.54) is 42.6 Å². The van der Waals surface area contributed by atoms with E-state index >= 15 is 0 Å². The van der Waals surface area contributed by atoms with Crippen LogP contribution in [0.25, 0.3) is 0 Å². The molecule has 0 amide bonds. The van der Waals surface area contributed by atoms with E-state index in [9.17, 15) is 0 Å². The van der Waals surface area contributed by atoms with Gasteiger partial charge in [0.1, 0.15) is 5.75 Å². The summed E-state index contributed by atoms with van der Waals surface area (Å²) in [6.45, 7) is 7.08. The summed E-state index contributed by atoms with van der Waals surface area (Å²) in [5.41, 5.74) is 3.94. The molecule has 2 aromatic rings. The van der Waals surface area contributed by atoms with Crippen LogP contribution in [0.5, 0.6) is 5.75 Å². The van der Waals surface area contributed by atoms with E-state index in [4.69, 9.17) is 9.47 Å². The summed E-state index contributed by atoms with van der Waals surface area (Å²) in [4.78, 5) is 5.03. The second-order valence-corrected chi connectivity index (χ2v) is 7.63. The van der Waals surface area contributed by atoms with Crippen molar-refractivity contribution in [3.8, 4) is 5.75 Å². The van der Waals surface area contributed by atoms with E-state index in [-0.39, 0.29) is 6.10 Å². The van der Waals surface area contributed by atoms with Gasteiger partial charge in [-0.15, -0.1) is 0 Å². The quantitative estimate of drug-likeness (QED) is 0.775. The van der Waals surface area contributed by atoms with E-state index in [1.807, 2.05) is 0 Å². The van der Waals surface area contributed by atoms with Crippen LogP contribution in [0.4, 0.5) is 0 Å². The van der Waals surface area contributed by atoms with Crippen molar-refractivity contribution < 1.29 is 9.47 Å². The Morgan fingerprint density at radius 1 is 0.963 bits per heavy atom. The van der Waals surface area contributed by atoms with Crippen LogP contribution in [0.1, 0.15) is 35.6 Å². The molecule has 144 valence electrons. The Hall–Kier alpha value is -1.88. The maximum absolute atomic E-state index is 6.01. The third kappa shape index (κ3) is 4.70. The van der Waals surface area contributed by atoms with Gasteiger partial charge in [0.15, 0.2) is 0 Å². The molecule has 2 heterocycles. The summed E-state index contributed by atoms with van der Waals surface area (Å²) >= 11 is 0. The molecule has 2 aromatic carbocycles. The number of benzene rings is 2. The first-order valence-electron chi connectivity index (χ1n) is 10.1. The molecule has 2 saturated heterocycles. The fourth-order valence-electron chi connectivity index (χ4n) is 4.21. The molecule has 0 spiro atoms. The first-order valence-corrected chi connectivity index (χ1v) is 10.1. The smallest absolute Gasteiger partial charge is 0.123 e. The van der Waals surface area contributed by atoms with Gasteiger partial charge >= 0.3 is 0 Å². The number of nitrogens with zero attached hydrogens (tertiary/aromatic N) is 2. The van der Waals surface area contributed by atoms with E-state index in [0.717, 1.165) is 38.5 Å². The van der Waals surface area contributed by atoms with Gasteiger partial charge in [-0.2, -0.15) is 0 Å². The average Bonchev–Trinajstić information content (AvgIpc) is 3.22. The summed E-state index contributed by atoms with van der Waals surface area (Å²) in [6.07, 6.45) is 2.80. The van der Waals surface area contributed by atoms with Gasteiger partial charge in [-0.25, -0.2) is 0 Å². The second kappa shape index (κ2) is 8.87. The number of likely N-dealkylation sites (tertiary alicyclic amines) is 1. The largest absolute Gasteiger partial charge is 0.496 e. The van der Waals surface area contributed by atoms with Crippen LogP contribution in [0.3, 0.4) is 0 Å². The summed E-state index contributed by atoms with van der Waals surface area (Å²) in [7, 11) is 1.77. The molecular formula is C23H30N2O2. The van der Waals surface area contributed by atoms with E-state index in [1.54, 1.807) is 7.11 Å². The van der Waals surface area contributed by atoms with Crippen LogP contribution in [-0.2, 0) is 17.8 Å². The van der Waals surface area contributed by atoms with Gasteiger partial charge in [0.2, 0.25) is 0 Å². The summed E-state index contributed by atoms with van der Waals surface area (Å²) < 4.78 is 11.6. The molecule has 0 radical (unpaired) electrons. The molecule has 0 saturated carbocycles. The molecule has 4 nitrogen and oxygen atoms in total. The SMILES string of the molecule is COc1ccc(CN2CCOC(c3ccccc3)C2)cc1CN1CCCC1. The number of hydrogen-bond donors (Lipinski definition) is 0. The van der Waals surface area contributed by atoms with Crippen molar-refractivity contribution in [2.45, 2.75) is 32.0 Å². The Balaban J connectivity index is 1.43. The van der Waals surface area contributed by atoms with Crippen molar-refractivity contribution in [1.29, 1.82) is 0 Å². The number of morpholine rings is 1. The van der Waals surface area contributed by atoms with Crippen LogP contribution < -0.4 is 4.74 Å². The van der Waals surface area contributed by atoms with Crippen LogP contribution in [0.15, 0.2) is 48.5 Å². The summed E-state index contributed by atoms with van der Waals surface area (Å²) in [6, 6.07) is 17.2. The minimum absolute atomic E-state index is 0.169. The molecule has 2 aliphatic heterocycles. The normalized spacial score (nSPS) is 21.4. The average molecular weight is 367 g/mol. The lowest BCUT2D eigenvalue weighted by molar-refractivity contribution is -0.0329. The predicted octanol–water partition coefficient (Wildman–Crippen LogP) is 3.86. The lowest BCUT2D eigenvalue weighted by atomic mass is 10.1. The Labute approximate surface area is 162 Å². The Morgan fingerprint density at radius 3 is 2.56 bits per heavy atom. The van der Waals surface area contributed by atoms with Crippen LogP contribution in [0, 0.1) is 0 Å². The van der Waals surface area contributed by atoms with E-state index in [2.05, 4.69) is 58.3 Å². The Morgan fingerprint density at radius 2 is 1.78 bits per heavy atom. The Bertz CT molecular complexity index is 728. The first-order chi connectivity index (χ1) is 13.3. The monoisotopic (exact) mass is 366 g/mol. The number of rotatable bonds is 6. The molecular weight excluding hydrogens is 336 g/mol. The summed E-state index contributed by atoms with van der Waals surface area (Å²) in [5, 5.41) is 0. The van der Waals surface area contributed by atoms with Crippen molar-refractivity contribution in [3.05, 3.63) is 65.2 Å². The van der Waals surface area contributed by atoms with E-state index in [0.29, 0.717) is 0 Å². The fraction of sp³-hybridized carbons (Fsp3) is 0.478. The number of methoxy groups -OCH3 is 1. The van der Waals surface area contributed by atoms with Crippen LogP contribution in [0.2, 0.25) is 0 Å². The molecule has 4 heteroatoms. The minimum atomic E-state index is 0.169. The van der Waals surface area contributed by atoms with Crippen molar-refractivity contribution in [1.82, 2.24) is 9.80 Å². The highest BCUT2D eigenvalue weighted by molar-refractivity contribution is 5.37. The maximum Gasteiger partial charge on any atom is 0.123 e. The molecule has 0 bridgehead atoms. The molecule has 4 rings (SSSR count). The molecule has 1 atom stereocenters.